The van der Waals surface area contributed by atoms with Crippen LogP contribution in [0, 0.1) is 0 Å². The summed E-state index contributed by atoms with van der Waals surface area (Å²) < 4.78 is 68.2. The predicted molar refractivity (Wildman–Crippen MR) is 147 cm³/mol. The number of fused-ring (bicyclic) bond motifs is 2. The Labute approximate surface area is 249 Å². The zero-order valence-corrected chi connectivity index (χ0v) is 25.4. The van der Waals surface area contributed by atoms with E-state index in [4.69, 9.17) is 0 Å². The van der Waals surface area contributed by atoms with Crippen molar-refractivity contribution in [3.8, 4) is 0 Å². The van der Waals surface area contributed by atoms with Crippen LogP contribution in [-0.4, -0.2) is 63.7 Å². The molecular formula is C28H30CaO6S2. The Morgan fingerprint density at radius 1 is 0.541 bits per heavy atom. The first-order valence-corrected chi connectivity index (χ1v) is 14.8. The quantitative estimate of drug-likeness (QED) is 0.229. The van der Waals surface area contributed by atoms with Gasteiger partial charge in [0.2, 0.25) is 0 Å². The summed E-state index contributed by atoms with van der Waals surface area (Å²) in [7, 11) is -8.87. The molecule has 4 aromatic carbocycles. The molecule has 192 valence electrons. The van der Waals surface area contributed by atoms with Gasteiger partial charge in [-0.15, -0.1) is 0 Å². The number of benzene rings is 4. The molecule has 0 heterocycles. The maximum atomic E-state index is 11.4. The third-order valence-electron chi connectivity index (χ3n) is 6.33. The van der Waals surface area contributed by atoms with Crippen molar-refractivity contribution < 1.29 is 25.9 Å². The van der Waals surface area contributed by atoms with E-state index in [9.17, 15) is 25.9 Å². The summed E-state index contributed by atoms with van der Waals surface area (Å²) in [5, 5.41) is 2.80. The maximum absolute atomic E-state index is 11.4. The van der Waals surface area contributed by atoms with E-state index in [2.05, 4.69) is 0 Å². The van der Waals surface area contributed by atoms with Crippen LogP contribution in [0.1, 0.15) is 49.9 Å². The summed E-state index contributed by atoms with van der Waals surface area (Å²) in [6.45, 7) is 7.91. The first kappa shape index (κ1) is 31.7. The molecule has 4 aromatic rings. The summed E-state index contributed by atoms with van der Waals surface area (Å²) in [6, 6.07) is 17.8. The van der Waals surface area contributed by atoms with Crippen molar-refractivity contribution in [1.29, 1.82) is 0 Å². The second-order valence-corrected chi connectivity index (χ2v) is 11.2. The van der Waals surface area contributed by atoms with Crippen molar-refractivity contribution in [2.75, 3.05) is 0 Å². The van der Waals surface area contributed by atoms with E-state index < -0.39 is 20.2 Å². The summed E-state index contributed by atoms with van der Waals surface area (Å²) in [4.78, 5) is -0.209. The van der Waals surface area contributed by atoms with Crippen LogP contribution in [0.4, 0.5) is 0 Å². The van der Waals surface area contributed by atoms with E-state index in [0.717, 1.165) is 45.9 Å². The van der Waals surface area contributed by atoms with Crippen LogP contribution >= 0.6 is 0 Å². The summed E-state index contributed by atoms with van der Waals surface area (Å²) in [6.07, 6.45) is 3.03. The van der Waals surface area contributed by atoms with Gasteiger partial charge in [0.25, 0.3) is 0 Å². The van der Waals surface area contributed by atoms with E-state index in [1.54, 1.807) is 24.3 Å². The van der Waals surface area contributed by atoms with Crippen molar-refractivity contribution in [2.24, 2.45) is 0 Å². The van der Waals surface area contributed by atoms with Crippen LogP contribution < -0.4 is 0 Å². The molecule has 0 aliphatic heterocycles. The van der Waals surface area contributed by atoms with Gasteiger partial charge in [0, 0.05) is 0 Å². The third kappa shape index (κ3) is 7.32. The van der Waals surface area contributed by atoms with Crippen molar-refractivity contribution in [2.45, 2.75) is 63.2 Å². The standard InChI is InChI=1S/2C14H16O3S.Ca/c2*1-3-10-8-13-11(4-2)6-5-7-12(13)14(9-10)18(15,16)17;/h2*5-9H,3-4H2,1-2H3,(H,15,16,17);/q;;+2/p-2. The Bertz CT molecular complexity index is 1500. The molecule has 0 saturated carbocycles. The summed E-state index contributed by atoms with van der Waals surface area (Å²) in [5.41, 5.74) is 3.87. The van der Waals surface area contributed by atoms with E-state index in [1.165, 1.54) is 12.1 Å². The smallest absolute Gasteiger partial charge is 0.744 e. The molecule has 0 saturated heterocycles. The minimum atomic E-state index is -4.44. The predicted octanol–water partition coefficient (Wildman–Crippen LogP) is 5.36. The minimum absolute atomic E-state index is 0. The van der Waals surface area contributed by atoms with Gasteiger partial charge < -0.3 is 9.11 Å². The van der Waals surface area contributed by atoms with Crippen molar-refractivity contribution >= 4 is 79.5 Å². The van der Waals surface area contributed by atoms with Crippen LogP contribution in [0.2, 0.25) is 0 Å². The van der Waals surface area contributed by atoms with E-state index in [1.807, 2.05) is 52.0 Å². The fourth-order valence-electron chi connectivity index (χ4n) is 4.38. The molecule has 0 radical (unpaired) electrons. The number of hydrogen-bond acceptors (Lipinski definition) is 6. The molecule has 0 spiro atoms. The maximum Gasteiger partial charge on any atom is 2.00 e. The average Bonchev–Trinajstić information content (AvgIpc) is 2.85. The fourth-order valence-corrected chi connectivity index (χ4v) is 5.87. The Hall–Kier alpha value is -1.52. The number of hydrogen-bond donors (Lipinski definition) is 0. The van der Waals surface area contributed by atoms with Crippen LogP contribution in [0.5, 0.6) is 0 Å². The van der Waals surface area contributed by atoms with Crippen LogP contribution in [0.25, 0.3) is 21.5 Å². The molecule has 0 unspecified atom stereocenters. The molecule has 0 bridgehead atoms. The Morgan fingerprint density at radius 3 is 1.16 bits per heavy atom. The molecule has 37 heavy (non-hydrogen) atoms. The average molecular weight is 567 g/mol. The normalized spacial score (nSPS) is 11.6. The number of aryl methyl sites for hydroxylation is 4. The Morgan fingerprint density at radius 2 is 0.892 bits per heavy atom. The molecule has 0 aliphatic carbocycles. The van der Waals surface area contributed by atoms with Gasteiger partial charge in [0.15, 0.2) is 0 Å². The van der Waals surface area contributed by atoms with E-state index in [-0.39, 0.29) is 47.5 Å². The third-order valence-corrected chi connectivity index (χ3v) is 8.09. The molecule has 6 nitrogen and oxygen atoms in total. The van der Waals surface area contributed by atoms with Crippen molar-refractivity contribution in [3.63, 3.8) is 0 Å². The van der Waals surface area contributed by atoms with Crippen LogP contribution in [0.3, 0.4) is 0 Å². The SMILES string of the molecule is CCc1cc(S(=O)(=O)[O-])c2cccc(CC)c2c1.CCc1cc(S(=O)(=O)[O-])c2cccc(CC)c2c1.[Ca+2]. The molecule has 9 heteroatoms. The summed E-state index contributed by atoms with van der Waals surface area (Å²) >= 11 is 0. The largest absolute Gasteiger partial charge is 2.00 e. The van der Waals surface area contributed by atoms with E-state index >= 15 is 0 Å². The zero-order chi connectivity index (χ0) is 26.7. The molecule has 0 amide bonds. The molecule has 0 atom stereocenters. The minimum Gasteiger partial charge on any atom is -0.744 e. The van der Waals surface area contributed by atoms with Gasteiger partial charge in [-0.3, -0.25) is 0 Å². The first-order chi connectivity index (χ1) is 16.9. The van der Waals surface area contributed by atoms with Crippen LogP contribution in [-0.2, 0) is 45.9 Å². The monoisotopic (exact) mass is 566 g/mol. The molecule has 0 N–H and O–H groups in total. The second kappa shape index (κ2) is 13.0. The molecule has 0 aromatic heterocycles. The second-order valence-electron chi connectivity index (χ2n) is 8.53. The van der Waals surface area contributed by atoms with Gasteiger partial charge in [0.05, 0.1) is 9.79 Å². The fraction of sp³-hybridized carbons (Fsp3) is 0.286. The molecule has 0 aliphatic rings. The number of rotatable bonds is 6. The van der Waals surface area contributed by atoms with Crippen molar-refractivity contribution in [1.82, 2.24) is 0 Å². The van der Waals surface area contributed by atoms with E-state index in [0.29, 0.717) is 23.6 Å². The summed E-state index contributed by atoms with van der Waals surface area (Å²) in [5.74, 6) is 0. The van der Waals surface area contributed by atoms with Gasteiger partial charge in [0.1, 0.15) is 20.2 Å². The van der Waals surface area contributed by atoms with Gasteiger partial charge in [-0.1, -0.05) is 76.2 Å². The van der Waals surface area contributed by atoms with Gasteiger partial charge in [-0.05, 0) is 81.6 Å². The molecule has 0 fully saturated rings. The first-order valence-electron chi connectivity index (χ1n) is 11.9. The molecular weight excluding hydrogens is 537 g/mol. The van der Waals surface area contributed by atoms with Gasteiger partial charge in [-0.2, -0.15) is 0 Å². The Balaban J connectivity index is 0.000000253. The van der Waals surface area contributed by atoms with Gasteiger partial charge >= 0.3 is 37.7 Å². The topological polar surface area (TPSA) is 114 Å². The van der Waals surface area contributed by atoms with Gasteiger partial charge in [-0.25, -0.2) is 16.8 Å². The Kier molecular flexibility index (Phi) is 11.2. The zero-order valence-electron chi connectivity index (χ0n) is 21.6. The van der Waals surface area contributed by atoms with Crippen molar-refractivity contribution in [3.05, 3.63) is 82.9 Å². The molecule has 4 rings (SSSR count). The van der Waals surface area contributed by atoms with Crippen LogP contribution in [0.15, 0.2) is 70.5 Å².